The molecule has 0 aromatic heterocycles. The number of rotatable bonds is 7. The molecule has 0 atom stereocenters. The van der Waals surface area contributed by atoms with E-state index in [1.807, 2.05) is 0 Å². The zero-order valence-corrected chi connectivity index (χ0v) is 31.8. The number of benzene rings is 7. The van der Waals surface area contributed by atoms with Gasteiger partial charge in [0.15, 0.2) is 0 Å². The molecular formula is C52H47N. The van der Waals surface area contributed by atoms with Crippen LogP contribution in [0.5, 0.6) is 0 Å². The molecule has 0 aliphatic heterocycles. The van der Waals surface area contributed by atoms with Gasteiger partial charge < -0.3 is 4.90 Å². The Morgan fingerprint density at radius 1 is 0.396 bits per heavy atom. The maximum absolute atomic E-state index is 2.47. The quantitative estimate of drug-likeness (QED) is 0.161. The standard InChI is InChI=1S/C52H47N/c1-7-52(8-2)48-28-23-39(32-46(48)45-29-34(3)35(4)30-50(45)52)38-17-14-18-41(31-38)53(40-24-21-37(22-25-40)36-15-10-9-11-16-36)42-26-27-44-43-19-12-13-20-47(43)51(5,6)49(44)33-42/h9-33H,7-8H2,1-6H3. The summed E-state index contributed by atoms with van der Waals surface area (Å²) in [5.41, 5.74) is 22.3. The van der Waals surface area contributed by atoms with Crippen LogP contribution < -0.4 is 4.90 Å². The van der Waals surface area contributed by atoms with E-state index >= 15 is 0 Å². The lowest BCUT2D eigenvalue weighted by Gasteiger charge is -2.30. The van der Waals surface area contributed by atoms with Gasteiger partial charge in [0.2, 0.25) is 0 Å². The smallest absolute Gasteiger partial charge is 0.0467 e. The molecule has 1 heteroatoms. The predicted molar refractivity (Wildman–Crippen MR) is 226 cm³/mol. The number of fused-ring (bicyclic) bond motifs is 6. The highest BCUT2D eigenvalue weighted by Crippen LogP contribution is 2.55. The van der Waals surface area contributed by atoms with Crippen LogP contribution in [-0.4, -0.2) is 0 Å². The van der Waals surface area contributed by atoms with Gasteiger partial charge in [-0.3, -0.25) is 0 Å². The lowest BCUT2D eigenvalue weighted by atomic mass is 9.73. The minimum atomic E-state index is -0.0869. The van der Waals surface area contributed by atoms with Crippen molar-refractivity contribution >= 4 is 17.1 Å². The van der Waals surface area contributed by atoms with Crippen LogP contribution >= 0.6 is 0 Å². The van der Waals surface area contributed by atoms with Crippen LogP contribution in [0.2, 0.25) is 0 Å². The van der Waals surface area contributed by atoms with Gasteiger partial charge >= 0.3 is 0 Å². The third kappa shape index (κ3) is 5.12. The maximum Gasteiger partial charge on any atom is 0.0467 e. The van der Waals surface area contributed by atoms with Crippen LogP contribution in [0.15, 0.2) is 152 Å². The Morgan fingerprint density at radius 3 is 1.75 bits per heavy atom. The van der Waals surface area contributed by atoms with Gasteiger partial charge in [-0.25, -0.2) is 0 Å². The van der Waals surface area contributed by atoms with Crippen molar-refractivity contribution in [2.45, 2.75) is 65.2 Å². The molecule has 260 valence electrons. The molecule has 0 N–H and O–H groups in total. The zero-order valence-electron chi connectivity index (χ0n) is 31.8. The summed E-state index contributed by atoms with van der Waals surface area (Å²) in [6.45, 7) is 13.9. The van der Waals surface area contributed by atoms with E-state index in [0.29, 0.717) is 0 Å². The zero-order chi connectivity index (χ0) is 36.5. The summed E-state index contributed by atoms with van der Waals surface area (Å²) < 4.78 is 0. The van der Waals surface area contributed by atoms with Crippen molar-refractivity contribution in [3.8, 4) is 44.5 Å². The van der Waals surface area contributed by atoms with Crippen LogP contribution in [0.3, 0.4) is 0 Å². The molecule has 2 aliphatic carbocycles. The Labute approximate surface area is 315 Å². The van der Waals surface area contributed by atoms with E-state index in [0.717, 1.165) is 24.2 Å². The molecule has 1 nitrogen and oxygen atoms in total. The summed E-state index contributed by atoms with van der Waals surface area (Å²) >= 11 is 0. The Bertz CT molecular complexity index is 2510. The molecule has 7 aromatic carbocycles. The number of hydrogen-bond acceptors (Lipinski definition) is 1. The fourth-order valence-corrected chi connectivity index (χ4v) is 9.49. The van der Waals surface area contributed by atoms with E-state index in [2.05, 4.69) is 198 Å². The first-order valence-corrected chi connectivity index (χ1v) is 19.3. The fraction of sp³-hybridized carbons (Fsp3) is 0.192. The van der Waals surface area contributed by atoms with Crippen LogP contribution in [-0.2, 0) is 10.8 Å². The molecule has 0 bridgehead atoms. The van der Waals surface area contributed by atoms with E-state index in [1.54, 1.807) is 0 Å². The van der Waals surface area contributed by atoms with Crippen LogP contribution in [0.25, 0.3) is 44.5 Å². The summed E-state index contributed by atoms with van der Waals surface area (Å²) in [7, 11) is 0. The molecule has 7 aromatic rings. The van der Waals surface area contributed by atoms with Crippen molar-refractivity contribution in [3.05, 3.63) is 185 Å². The normalized spacial score (nSPS) is 14.3. The number of nitrogens with zero attached hydrogens (tertiary/aromatic N) is 1. The second-order valence-electron chi connectivity index (χ2n) is 15.7. The molecule has 0 spiro atoms. The maximum atomic E-state index is 2.47. The molecular weight excluding hydrogens is 639 g/mol. The van der Waals surface area contributed by atoms with Crippen LogP contribution in [0.4, 0.5) is 17.1 Å². The van der Waals surface area contributed by atoms with Gasteiger partial charge in [0, 0.05) is 27.9 Å². The molecule has 0 heterocycles. The molecule has 0 radical (unpaired) electrons. The third-order valence-electron chi connectivity index (χ3n) is 12.7. The Morgan fingerprint density at radius 2 is 0.981 bits per heavy atom. The largest absolute Gasteiger partial charge is 0.310 e. The first-order valence-electron chi connectivity index (χ1n) is 19.3. The highest BCUT2D eigenvalue weighted by molar-refractivity contribution is 5.89. The SMILES string of the molecule is CCC1(CC)c2ccc(-c3cccc(N(c4ccc(-c5ccccc5)cc4)c4ccc5c(c4)C(C)(C)c4ccccc4-5)c3)cc2-c2cc(C)c(C)cc21. The molecule has 2 aliphatic rings. The Hall–Kier alpha value is -5.66. The number of aryl methyl sites for hydroxylation is 2. The second-order valence-corrected chi connectivity index (χ2v) is 15.7. The van der Waals surface area contributed by atoms with Gasteiger partial charge in [-0.15, -0.1) is 0 Å². The van der Waals surface area contributed by atoms with Crippen LogP contribution in [0.1, 0.15) is 73.9 Å². The summed E-state index contributed by atoms with van der Waals surface area (Å²) in [5, 5.41) is 0. The van der Waals surface area contributed by atoms with Gasteiger partial charge in [0.05, 0.1) is 0 Å². The van der Waals surface area contributed by atoms with Crippen LogP contribution in [0, 0.1) is 13.8 Å². The first kappa shape index (κ1) is 33.2. The molecule has 0 amide bonds. The summed E-state index contributed by atoms with van der Waals surface area (Å²) in [6.07, 6.45) is 2.20. The van der Waals surface area contributed by atoms with Crippen molar-refractivity contribution in [2.24, 2.45) is 0 Å². The van der Waals surface area contributed by atoms with Crippen molar-refractivity contribution in [1.29, 1.82) is 0 Å². The average Bonchev–Trinajstić information content (AvgIpc) is 3.59. The van der Waals surface area contributed by atoms with E-state index in [4.69, 9.17) is 0 Å². The van der Waals surface area contributed by atoms with Gasteiger partial charge in [0.25, 0.3) is 0 Å². The molecule has 0 unspecified atom stereocenters. The van der Waals surface area contributed by atoms with E-state index in [1.165, 1.54) is 83.6 Å². The molecule has 0 fully saturated rings. The van der Waals surface area contributed by atoms with E-state index < -0.39 is 0 Å². The summed E-state index contributed by atoms with van der Waals surface area (Å²) in [5.74, 6) is 0. The molecule has 9 rings (SSSR count). The minimum Gasteiger partial charge on any atom is -0.310 e. The van der Waals surface area contributed by atoms with Crippen molar-refractivity contribution in [2.75, 3.05) is 4.90 Å². The summed E-state index contributed by atoms with van der Waals surface area (Å²) in [4.78, 5) is 2.44. The number of anilines is 3. The van der Waals surface area contributed by atoms with Gasteiger partial charge in [-0.05, 0) is 147 Å². The molecule has 0 saturated carbocycles. The van der Waals surface area contributed by atoms with Gasteiger partial charge in [-0.2, -0.15) is 0 Å². The second kappa shape index (κ2) is 12.5. The topological polar surface area (TPSA) is 3.24 Å². The van der Waals surface area contributed by atoms with Gasteiger partial charge in [-0.1, -0.05) is 137 Å². The third-order valence-corrected chi connectivity index (χ3v) is 12.7. The Kier molecular flexibility index (Phi) is 7.82. The number of hydrogen-bond donors (Lipinski definition) is 0. The van der Waals surface area contributed by atoms with Crippen molar-refractivity contribution in [3.63, 3.8) is 0 Å². The van der Waals surface area contributed by atoms with E-state index in [-0.39, 0.29) is 10.8 Å². The minimum absolute atomic E-state index is 0.0627. The van der Waals surface area contributed by atoms with E-state index in [9.17, 15) is 0 Å². The predicted octanol–water partition coefficient (Wildman–Crippen LogP) is 14.5. The molecule has 53 heavy (non-hydrogen) atoms. The van der Waals surface area contributed by atoms with Crippen molar-refractivity contribution < 1.29 is 0 Å². The monoisotopic (exact) mass is 685 g/mol. The lowest BCUT2D eigenvalue weighted by molar-refractivity contribution is 0.490. The first-order chi connectivity index (χ1) is 25.7. The Balaban J connectivity index is 1.18. The van der Waals surface area contributed by atoms with Crippen molar-refractivity contribution in [1.82, 2.24) is 0 Å². The average molecular weight is 686 g/mol. The van der Waals surface area contributed by atoms with Gasteiger partial charge in [0.1, 0.15) is 0 Å². The molecule has 0 saturated heterocycles. The lowest BCUT2D eigenvalue weighted by Crippen LogP contribution is -2.23. The summed E-state index contributed by atoms with van der Waals surface area (Å²) in [6, 6.07) is 56.9. The highest BCUT2D eigenvalue weighted by atomic mass is 15.1. The fourth-order valence-electron chi connectivity index (χ4n) is 9.49. The highest BCUT2D eigenvalue weighted by Gasteiger charge is 2.41.